The Balaban J connectivity index is 1.62. The second kappa shape index (κ2) is 7.19. The van der Waals surface area contributed by atoms with Gasteiger partial charge in [0.2, 0.25) is 0 Å². The lowest BCUT2D eigenvalue weighted by molar-refractivity contribution is -0.144. The van der Waals surface area contributed by atoms with Gasteiger partial charge in [0.1, 0.15) is 30.5 Å². The largest absolute Gasteiger partial charge is 0.492 e. The molecule has 0 saturated heterocycles. The fourth-order valence-electron chi connectivity index (χ4n) is 3.90. The summed E-state index contributed by atoms with van der Waals surface area (Å²) in [5.74, 6) is 1.15. The van der Waals surface area contributed by atoms with Crippen molar-refractivity contribution in [3.05, 3.63) is 53.1 Å². The van der Waals surface area contributed by atoms with Gasteiger partial charge in [-0.15, -0.1) is 0 Å². The standard InChI is InChI=1S/C22H22O6/c1-14-5-3-6-16-15(14)11-22(12-26-16)13-27-17-7-4-8-18(21(17)22)28-20(24)10-9-19(23)25-2/h3-8H,9-13H2,1-2H3. The molecule has 2 aromatic carbocycles. The predicted octanol–water partition coefficient (Wildman–Crippen LogP) is 3.12. The molecule has 28 heavy (non-hydrogen) atoms. The minimum absolute atomic E-state index is 0.0122. The summed E-state index contributed by atoms with van der Waals surface area (Å²) in [7, 11) is 1.29. The Morgan fingerprint density at radius 3 is 2.46 bits per heavy atom. The highest BCUT2D eigenvalue weighted by Crippen LogP contribution is 2.49. The number of fused-ring (bicyclic) bond motifs is 3. The van der Waals surface area contributed by atoms with Gasteiger partial charge in [-0.25, -0.2) is 0 Å². The van der Waals surface area contributed by atoms with Crippen LogP contribution in [0.5, 0.6) is 17.2 Å². The molecular weight excluding hydrogens is 360 g/mol. The number of benzene rings is 2. The van der Waals surface area contributed by atoms with Crippen molar-refractivity contribution in [1.29, 1.82) is 0 Å². The minimum atomic E-state index is -0.478. The number of methoxy groups -OCH3 is 1. The maximum atomic E-state index is 12.3. The molecule has 0 aliphatic carbocycles. The molecule has 0 bridgehead atoms. The third-order valence-electron chi connectivity index (χ3n) is 5.39. The van der Waals surface area contributed by atoms with Crippen LogP contribution in [0.25, 0.3) is 0 Å². The van der Waals surface area contributed by atoms with Gasteiger partial charge in [-0.1, -0.05) is 18.2 Å². The number of hydrogen-bond donors (Lipinski definition) is 0. The number of carbonyl (C=O) groups is 2. The molecule has 0 radical (unpaired) electrons. The molecule has 0 amide bonds. The molecule has 0 saturated carbocycles. The van der Waals surface area contributed by atoms with Crippen LogP contribution in [0.4, 0.5) is 0 Å². The topological polar surface area (TPSA) is 71.1 Å². The molecule has 146 valence electrons. The Labute approximate surface area is 163 Å². The number of esters is 2. The summed E-state index contributed by atoms with van der Waals surface area (Å²) in [4.78, 5) is 23.5. The lowest BCUT2D eigenvalue weighted by atomic mass is 9.75. The highest BCUT2D eigenvalue weighted by molar-refractivity contribution is 5.79. The van der Waals surface area contributed by atoms with Gasteiger partial charge in [-0.3, -0.25) is 9.59 Å². The van der Waals surface area contributed by atoms with E-state index in [1.54, 1.807) is 12.1 Å². The Bertz CT molecular complexity index is 935. The molecule has 1 atom stereocenters. The number of hydrogen-bond acceptors (Lipinski definition) is 6. The van der Waals surface area contributed by atoms with Crippen LogP contribution < -0.4 is 14.2 Å². The quantitative estimate of drug-likeness (QED) is 0.598. The molecule has 2 aromatic rings. The monoisotopic (exact) mass is 382 g/mol. The predicted molar refractivity (Wildman–Crippen MR) is 101 cm³/mol. The van der Waals surface area contributed by atoms with E-state index in [1.165, 1.54) is 7.11 Å². The SMILES string of the molecule is COC(=O)CCC(=O)Oc1cccc2c1C1(COc3cccc(C)c3C1)CO2. The first-order valence-corrected chi connectivity index (χ1v) is 9.27. The fraction of sp³-hybridized carbons (Fsp3) is 0.364. The van der Waals surface area contributed by atoms with E-state index in [2.05, 4.69) is 17.7 Å². The summed E-state index contributed by atoms with van der Waals surface area (Å²) in [5.41, 5.74) is 2.76. The molecule has 6 nitrogen and oxygen atoms in total. The highest BCUT2D eigenvalue weighted by Gasteiger charge is 2.47. The Morgan fingerprint density at radius 2 is 1.68 bits per heavy atom. The van der Waals surface area contributed by atoms with Gasteiger partial charge in [0.05, 0.1) is 30.9 Å². The van der Waals surface area contributed by atoms with E-state index in [4.69, 9.17) is 14.2 Å². The maximum Gasteiger partial charge on any atom is 0.311 e. The Morgan fingerprint density at radius 1 is 1.00 bits per heavy atom. The van der Waals surface area contributed by atoms with E-state index in [0.717, 1.165) is 28.9 Å². The molecule has 6 heteroatoms. The lowest BCUT2D eigenvalue weighted by Crippen LogP contribution is -2.41. The zero-order chi connectivity index (χ0) is 19.7. The number of rotatable bonds is 4. The third-order valence-corrected chi connectivity index (χ3v) is 5.39. The third kappa shape index (κ3) is 3.19. The van der Waals surface area contributed by atoms with Gasteiger partial charge in [-0.2, -0.15) is 0 Å². The lowest BCUT2D eigenvalue weighted by Gasteiger charge is -2.35. The molecule has 2 aliphatic heterocycles. The number of ether oxygens (including phenoxy) is 4. The van der Waals surface area contributed by atoms with Crippen LogP contribution in [-0.2, 0) is 26.2 Å². The highest BCUT2D eigenvalue weighted by atomic mass is 16.5. The van der Waals surface area contributed by atoms with Crippen LogP contribution in [0, 0.1) is 6.92 Å². The van der Waals surface area contributed by atoms with E-state index >= 15 is 0 Å². The van der Waals surface area contributed by atoms with Crippen molar-refractivity contribution in [2.45, 2.75) is 31.6 Å². The van der Waals surface area contributed by atoms with E-state index in [-0.39, 0.29) is 12.8 Å². The van der Waals surface area contributed by atoms with Crippen LogP contribution in [0.15, 0.2) is 36.4 Å². The van der Waals surface area contributed by atoms with E-state index in [1.807, 2.05) is 18.2 Å². The van der Waals surface area contributed by atoms with Crippen LogP contribution >= 0.6 is 0 Å². The summed E-state index contributed by atoms with van der Waals surface area (Å²) in [6.07, 6.45) is 0.697. The van der Waals surface area contributed by atoms with Crippen LogP contribution in [0.1, 0.15) is 29.5 Å². The zero-order valence-electron chi connectivity index (χ0n) is 15.9. The first-order valence-electron chi connectivity index (χ1n) is 9.27. The van der Waals surface area contributed by atoms with E-state index in [0.29, 0.717) is 24.7 Å². The van der Waals surface area contributed by atoms with Gasteiger partial charge in [0.25, 0.3) is 0 Å². The molecular formula is C22H22O6. The summed E-state index contributed by atoms with van der Waals surface area (Å²) >= 11 is 0. The second-order valence-corrected chi connectivity index (χ2v) is 7.27. The second-order valence-electron chi connectivity index (χ2n) is 7.27. The molecule has 0 aromatic heterocycles. The molecule has 0 N–H and O–H groups in total. The molecule has 4 rings (SSSR count). The molecule has 2 aliphatic rings. The summed E-state index contributed by atoms with van der Waals surface area (Å²) in [6.45, 7) is 2.98. The number of aryl methyl sites for hydroxylation is 1. The van der Waals surface area contributed by atoms with Crippen molar-refractivity contribution in [1.82, 2.24) is 0 Å². The first kappa shape index (κ1) is 18.3. The van der Waals surface area contributed by atoms with Gasteiger partial charge in [-0.05, 0) is 42.7 Å². The molecule has 2 heterocycles. The maximum absolute atomic E-state index is 12.3. The van der Waals surface area contributed by atoms with E-state index in [9.17, 15) is 9.59 Å². The zero-order valence-corrected chi connectivity index (χ0v) is 15.9. The summed E-state index contributed by atoms with van der Waals surface area (Å²) in [5, 5.41) is 0. The molecule has 1 spiro atoms. The normalized spacial score (nSPS) is 19.2. The van der Waals surface area contributed by atoms with Gasteiger partial charge < -0.3 is 18.9 Å². The van der Waals surface area contributed by atoms with Crippen LogP contribution in [0.2, 0.25) is 0 Å². The van der Waals surface area contributed by atoms with Gasteiger partial charge in [0, 0.05) is 0 Å². The summed E-state index contributed by atoms with van der Waals surface area (Å²) in [6, 6.07) is 11.5. The van der Waals surface area contributed by atoms with Gasteiger partial charge in [0.15, 0.2) is 0 Å². The Hall–Kier alpha value is -3.02. The van der Waals surface area contributed by atoms with Crippen molar-refractivity contribution in [2.24, 2.45) is 0 Å². The smallest absolute Gasteiger partial charge is 0.311 e. The minimum Gasteiger partial charge on any atom is -0.492 e. The van der Waals surface area contributed by atoms with Crippen molar-refractivity contribution < 1.29 is 28.5 Å². The number of carbonyl (C=O) groups excluding carboxylic acids is 2. The first-order chi connectivity index (χ1) is 13.5. The van der Waals surface area contributed by atoms with Crippen molar-refractivity contribution in [3.63, 3.8) is 0 Å². The summed E-state index contributed by atoms with van der Waals surface area (Å²) < 4.78 is 22.2. The van der Waals surface area contributed by atoms with Crippen molar-refractivity contribution in [3.8, 4) is 17.2 Å². The van der Waals surface area contributed by atoms with Crippen LogP contribution in [0.3, 0.4) is 0 Å². The van der Waals surface area contributed by atoms with Crippen LogP contribution in [-0.4, -0.2) is 32.3 Å². The average Bonchev–Trinajstić information content (AvgIpc) is 3.06. The Kier molecular flexibility index (Phi) is 4.71. The molecule has 1 unspecified atom stereocenters. The van der Waals surface area contributed by atoms with Crippen molar-refractivity contribution >= 4 is 11.9 Å². The fourth-order valence-corrected chi connectivity index (χ4v) is 3.90. The van der Waals surface area contributed by atoms with Gasteiger partial charge >= 0.3 is 11.9 Å². The average molecular weight is 382 g/mol. The van der Waals surface area contributed by atoms with Crippen molar-refractivity contribution in [2.75, 3.05) is 20.3 Å². The van der Waals surface area contributed by atoms with E-state index < -0.39 is 17.4 Å². The molecule has 0 fully saturated rings.